The van der Waals surface area contributed by atoms with Crippen molar-refractivity contribution in [3.8, 4) is 0 Å². The number of aryl methyl sites for hydroxylation is 1. The summed E-state index contributed by atoms with van der Waals surface area (Å²) in [5.41, 5.74) is 4.07. The highest BCUT2D eigenvalue weighted by atomic mass is 79.9. The van der Waals surface area contributed by atoms with Crippen LogP contribution in [0.5, 0.6) is 0 Å². The quantitative estimate of drug-likeness (QED) is 0.644. The normalized spacial score (nSPS) is 11.0. The Bertz CT molecular complexity index is 904. The SMILES string of the molecule is Cc1[nH]c2ccc(Br)cc2c1CC(=O)N(C)Cc1ccccc1Cl. The summed E-state index contributed by atoms with van der Waals surface area (Å²) in [6.45, 7) is 2.51. The van der Waals surface area contributed by atoms with Crippen molar-refractivity contribution in [3.63, 3.8) is 0 Å². The van der Waals surface area contributed by atoms with Crippen molar-refractivity contribution >= 4 is 44.3 Å². The van der Waals surface area contributed by atoms with E-state index in [0.717, 1.165) is 32.2 Å². The van der Waals surface area contributed by atoms with Gasteiger partial charge in [0.2, 0.25) is 5.91 Å². The number of nitrogens with zero attached hydrogens (tertiary/aromatic N) is 1. The number of carbonyl (C=O) groups excluding carboxylic acids is 1. The Hall–Kier alpha value is -1.78. The molecule has 1 N–H and O–H groups in total. The molecule has 0 aliphatic rings. The van der Waals surface area contributed by atoms with Crippen LogP contribution in [-0.4, -0.2) is 22.8 Å². The van der Waals surface area contributed by atoms with Gasteiger partial charge in [0.05, 0.1) is 6.42 Å². The summed E-state index contributed by atoms with van der Waals surface area (Å²) in [5, 5.41) is 1.77. The summed E-state index contributed by atoms with van der Waals surface area (Å²) in [7, 11) is 1.81. The van der Waals surface area contributed by atoms with Crippen molar-refractivity contribution in [2.24, 2.45) is 0 Å². The molecular weight excluding hydrogens is 388 g/mol. The van der Waals surface area contributed by atoms with Gasteiger partial charge in [0.15, 0.2) is 0 Å². The topological polar surface area (TPSA) is 36.1 Å². The van der Waals surface area contributed by atoms with Gasteiger partial charge >= 0.3 is 0 Å². The predicted octanol–water partition coefficient (Wildman–Crippen LogP) is 5.09. The zero-order chi connectivity index (χ0) is 17.3. The van der Waals surface area contributed by atoms with Crippen LogP contribution in [0.4, 0.5) is 0 Å². The first kappa shape index (κ1) is 17.1. The molecule has 1 heterocycles. The number of aromatic amines is 1. The third-order valence-corrected chi connectivity index (χ3v) is 5.06. The number of amides is 1. The van der Waals surface area contributed by atoms with Crippen LogP contribution < -0.4 is 0 Å². The van der Waals surface area contributed by atoms with Crippen LogP contribution in [0, 0.1) is 6.92 Å². The fourth-order valence-corrected chi connectivity index (χ4v) is 3.40. The van der Waals surface area contributed by atoms with E-state index in [1.807, 2.05) is 50.4 Å². The van der Waals surface area contributed by atoms with Crippen molar-refractivity contribution in [1.82, 2.24) is 9.88 Å². The minimum Gasteiger partial charge on any atom is -0.358 e. The molecule has 0 radical (unpaired) electrons. The fraction of sp³-hybridized carbons (Fsp3) is 0.211. The van der Waals surface area contributed by atoms with E-state index in [0.29, 0.717) is 18.0 Å². The van der Waals surface area contributed by atoms with Crippen molar-refractivity contribution in [3.05, 3.63) is 68.8 Å². The maximum atomic E-state index is 12.7. The zero-order valence-electron chi connectivity index (χ0n) is 13.6. The Morgan fingerprint density at radius 2 is 2.00 bits per heavy atom. The Morgan fingerprint density at radius 1 is 1.25 bits per heavy atom. The second kappa shape index (κ2) is 6.99. The first-order chi connectivity index (χ1) is 11.5. The first-order valence-electron chi connectivity index (χ1n) is 7.70. The van der Waals surface area contributed by atoms with Gasteiger partial charge in [-0.15, -0.1) is 0 Å². The standard InChI is InChI=1S/C19H18BrClN2O/c1-12-15(16-9-14(20)7-8-18(16)22-12)10-19(24)23(2)11-13-5-3-4-6-17(13)21/h3-9,22H,10-11H2,1-2H3. The van der Waals surface area contributed by atoms with Crippen molar-refractivity contribution in [2.45, 2.75) is 19.9 Å². The van der Waals surface area contributed by atoms with E-state index in [1.54, 1.807) is 4.90 Å². The van der Waals surface area contributed by atoms with Gasteiger partial charge in [0.25, 0.3) is 0 Å². The minimum absolute atomic E-state index is 0.0684. The number of hydrogen-bond acceptors (Lipinski definition) is 1. The molecule has 1 amide bonds. The second-order valence-electron chi connectivity index (χ2n) is 5.94. The Morgan fingerprint density at radius 3 is 2.75 bits per heavy atom. The summed E-state index contributed by atoms with van der Waals surface area (Å²) in [4.78, 5) is 17.7. The number of nitrogens with one attached hydrogen (secondary N) is 1. The molecule has 3 nitrogen and oxygen atoms in total. The maximum Gasteiger partial charge on any atom is 0.227 e. The van der Waals surface area contributed by atoms with Crippen LogP contribution in [0.25, 0.3) is 10.9 Å². The van der Waals surface area contributed by atoms with Gasteiger partial charge in [0, 0.05) is 39.7 Å². The smallest absolute Gasteiger partial charge is 0.227 e. The lowest BCUT2D eigenvalue weighted by molar-refractivity contribution is -0.129. The van der Waals surface area contributed by atoms with Crippen LogP contribution in [-0.2, 0) is 17.8 Å². The van der Waals surface area contributed by atoms with Gasteiger partial charge in [-0.05, 0) is 42.3 Å². The highest BCUT2D eigenvalue weighted by Crippen LogP contribution is 2.26. The molecule has 24 heavy (non-hydrogen) atoms. The average molecular weight is 406 g/mol. The lowest BCUT2D eigenvalue weighted by Gasteiger charge is -2.18. The lowest BCUT2D eigenvalue weighted by Crippen LogP contribution is -2.28. The fourth-order valence-electron chi connectivity index (χ4n) is 2.84. The zero-order valence-corrected chi connectivity index (χ0v) is 15.9. The molecule has 0 aliphatic heterocycles. The van der Waals surface area contributed by atoms with Gasteiger partial charge in [-0.3, -0.25) is 4.79 Å². The van der Waals surface area contributed by atoms with Gasteiger partial charge < -0.3 is 9.88 Å². The predicted molar refractivity (Wildman–Crippen MR) is 102 cm³/mol. The van der Waals surface area contributed by atoms with E-state index in [1.165, 1.54) is 0 Å². The Kier molecular flexibility index (Phi) is 4.97. The average Bonchev–Trinajstić information content (AvgIpc) is 2.85. The van der Waals surface area contributed by atoms with E-state index >= 15 is 0 Å². The minimum atomic E-state index is 0.0684. The number of fused-ring (bicyclic) bond motifs is 1. The monoisotopic (exact) mass is 404 g/mol. The summed E-state index contributed by atoms with van der Waals surface area (Å²) < 4.78 is 1.01. The van der Waals surface area contributed by atoms with E-state index < -0.39 is 0 Å². The molecule has 0 atom stereocenters. The number of hydrogen-bond donors (Lipinski definition) is 1. The second-order valence-corrected chi connectivity index (χ2v) is 7.26. The van der Waals surface area contributed by atoms with Crippen LogP contribution >= 0.6 is 27.5 Å². The molecule has 0 unspecified atom stereocenters. The number of rotatable bonds is 4. The third kappa shape index (κ3) is 3.50. The van der Waals surface area contributed by atoms with Gasteiger partial charge in [-0.1, -0.05) is 45.7 Å². The number of carbonyl (C=O) groups is 1. The molecule has 3 aromatic rings. The van der Waals surface area contributed by atoms with E-state index in [2.05, 4.69) is 27.0 Å². The highest BCUT2D eigenvalue weighted by Gasteiger charge is 2.16. The summed E-state index contributed by atoms with van der Waals surface area (Å²) >= 11 is 9.69. The van der Waals surface area contributed by atoms with Gasteiger partial charge in [-0.2, -0.15) is 0 Å². The maximum absolute atomic E-state index is 12.7. The van der Waals surface area contributed by atoms with E-state index in [9.17, 15) is 4.79 Å². The van der Waals surface area contributed by atoms with E-state index in [-0.39, 0.29) is 5.91 Å². The molecule has 2 aromatic carbocycles. The molecule has 3 rings (SSSR count). The van der Waals surface area contributed by atoms with Crippen LogP contribution in [0.2, 0.25) is 5.02 Å². The number of aromatic nitrogens is 1. The molecule has 0 spiro atoms. The first-order valence-corrected chi connectivity index (χ1v) is 8.87. The molecule has 5 heteroatoms. The number of benzene rings is 2. The van der Waals surface area contributed by atoms with Gasteiger partial charge in [0.1, 0.15) is 0 Å². The molecular formula is C19H18BrClN2O. The molecule has 1 aromatic heterocycles. The van der Waals surface area contributed by atoms with E-state index in [4.69, 9.17) is 11.6 Å². The lowest BCUT2D eigenvalue weighted by atomic mass is 10.1. The van der Waals surface area contributed by atoms with Crippen molar-refractivity contribution < 1.29 is 4.79 Å². The molecule has 0 saturated heterocycles. The highest BCUT2D eigenvalue weighted by molar-refractivity contribution is 9.10. The van der Waals surface area contributed by atoms with Crippen LogP contribution in [0.15, 0.2) is 46.9 Å². The largest absolute Gasteiger partial charge is 0.358 e. The summed E-state index contributed by atoms with van der Waals surface area (Å²) in [6.07, 6.45) is 0.364. The van der Waals surface area contributed by atoms with Crippen LogP contribution in [0.1, 0.15) is 16.8 Å². The van der Waals surface area contributed by atoms with Crippen molar-refractivity contribution in [1.29, 1.82) is 0 Å². The number of H-pyrrole nitrogens is 1. The molecule has 0 bridgehead atoms. The molecule has 124 valence electrons. The van der Waals surface area contributed by atoms with Crippen molar-refractivity contribution in [2.75, 3.05) is 7.05 Å². The summed E-state index contributed by atoms with van der Waals surface area (Å²) in [6, 6.07) is 13.7. The Balaban J connectivity index is 1.81. The molecule has 0 fully saturated rings. The number of likely N-dealkylation sites (N-methyl/N-ethyl adjacent to an activating group) is 1. The third-order valence-electron chi connectivity index (χ3n) is 4.20. The number of halogens is 2. The Labute approximate surface area is 154 Å². The van der Waals surface area contributed by atoms with Gasteiger partial charge in [-0.25, -0.2) is 0 Å². The molecule has 0 aliphatic carbocycles. The summed E-state index contributed by atoms with van der Waals surface area (Å²) in [5.74, 6) is 0.0684. The van der Waals surface area contributed by atoms with Crippen LogP contribution in [0.3, 0.4) is 0 Å². The molecule has 0 saturated carbocycles.